The highest BCUT2D eigenvalue weighted by molar-refractivity contribution is 6.06. The summed E-state index contributed by atoms with van der Waals surface area (Å²) >= 11 is 0. The summed E-state index contributed by atoms with van der Waals surface area (Å²) in [6.07, 6.45) is 0. The summed E-state index contributed by atoms with van der Waals surface area (Å²) in [6, 6.07) is 5.36. The lowest BCUT2D eigenvalue weighted by molar-refractivity contribution is -0.384. The van der Waals surface area contributed by atoms with Crippen molar-refractivity contribution < 1.29 is 24.7 Å². The minimum absolute atomic E-state index is 0.163. The van der Waals surface area contributed by atoms with Crippen LogP contribution in [0.15, 0.2) is 40.5 Å². The Morgan fingerprint density at radius 3 is 2.43 bits per heavy atom. The first kappa shape index (κ1) is 16.3. The van der Waals surface area contributed by atoms with Crippen LogP contribution in [0.1, 0.15) is 25.3 Å². The number of carboxylic acid groups (broad SMARTS) is 2. The highest BCUT2D eigenvalue weighted by atomic mass is 16.6. The number of allylic oxidation sites excluding steroid dienone is 1. The summed E-state index contributed by atoms with van der Waals surface area (Å²) in [5, 5.41) is 29.9. The fourth-order valence-electron chi connectivity index (χ4n) is 2.83. The van der Waals surface area contributed by atoms with Crippen LogP contribution in [0.25, 0.3) is 0 Å². The number of non-ortho nitro benzene ring substituents is 1. The van der Waals surface area contributed by atoms with Crippen LogP contribution < -0.4 is 0 Å². The van der Waals surface area contributed by atoms with Crippen molar-refractivity contribution in [2.24, 2.45) is 10.9 Å². The van der Waals surface area contributed by atoms with Crippen LogP contribution in [-0.2, 0) is 9.59 Å². The molecule has 0 aromatic heterocycles. The molecule has 2 rings (SSSR count). The van der Waals surface area contributed by atoms with E-state index in [2.05, 4.69) is 4.99 Å². The lowest BCUT2D eigenvalue weighted by Gasteiger charge is -2.29. The third-order valence-corrected chi connectivity index (χ3v) is 3.76. The molecule has 23 heavy (non-hydrogen) atoms. The number of benzene rings is 1. The Morgan fingerprint density at radius 1 is 1.26 bits per heavy atom. The van der Waals surface area contributed by atoms with Gasteiger partial charge in [-0.1, -0.05) is 12.1 Å². The van der Waals surface area contributed by atoms with Crippen molar-refractivity contribution in [2.75, 3.05) is 0 Å². The van der Waals surface area contributed by atoms with Gasteiger partial charge in [0.1, 0.15) is 5.92 Å². The van der Waals surface area contributed by atoms with Gasteiger partial charge in [0.05, 0.1) is 10.5 Å². The number of nitrogens with zero attached hydrogens (tertiary/aromatic N) is 2. The number of aliphatic carboxylic acids is 2. The molecule has 1 aromatic rings. The average Bonchev–Trinajstić information content (AvgIpc) is 2.45. The molecule has 1 aliphatic heterocycles. The predicted molar refractivity (Wildman–Crippen MR) is 80.4 cm³/mol. The van der Waals surface area contributed by atoms with E-state index < -0.39 is 28.7 Å². The van der Waals surface area contributed by atoms with Gasteiger partial charge in [-0.25, -0.2) is 4.79 Å². The molecule has 120 valence electrons. The number of rotatable bonds is 4. The zero-order valence-corrected chi connectivity index (χ0v) is 12.4. The molecule has 8 heteroatoms. The van der Waals surface area contributed by atoms with E-state index in [-0.39, 0.29) is 28.2 Å². The Morgan fingerprint density at radius 2 is 1.91 bits per heavy atom. The van der Waals surface area contributed by atoms with E-state index in [0.29, 0.717) is 0 Å². The van der Waals surface area contributed by atoms with Gasteiger partial charge < -0.3 is 10.2 Å². The largest absolute Gasteiger partial charge is 0.481 e. The van der Waals surface area contributed by atoms with Crippen LogP contribution in [0, 0.1) is 16.0 Å². The molecule has 1 aliphatic rings. The standard InChI is InChI=1S/C15H14N2O6/c1-7-11(14(18)19)13(12(15(20)21)8(2)16-7)9-4-3-5-10(6-9)17(22)23/h3-6,11,13H,1-2H3,(H,18,19)(H,20,21)/t11-,13?/m0/s1. The van der Waals surface area contributed by atoms with Crippen molar-refractivity contribution in [3.05, 3.63) is 51.2 Å². The summed E-state index contributed by atoms with van der Waals surface area (Å²) in [4.78, 5) is 37.5. The first-order valence-corrected chi connectivity index (χ1v) is 6.70. The van der Waals surface area contributed by atoms with E-state index in [1.165, 1.54) is 38.1 Å². The molecule has 1 heterocycles. The average molecular weight is 318 g/mol. The Bertz CT molecular complexity index is 765. The Hall–Kier alpha value is -3.03. The lowest BCUT2D eigenvalue weighted by atomic mass is 9.75. The van der Waals surface area contributed by atoms with Gasteiger partial charge in [0, 0.05) is 29.5 Å². The van der Waals surface area contributed by atoms with Crippen molar-refractivity contribution >= 4 is 23.3 Å². The lowest BCUT2D eigenvalue weighted by Crippen LogP contribution is -2.34. The SMILES string of the molecule is CC1=NC(C)=C(C(=O)O)C(c2cccc([N+](=O)[O-])c2)[C@H]1C(=O)O. The molecule has 0 radical (unpaired) electrons. The molecule has 1 aromatic carbocycles. The van der Waals surface area contributed by atoms with Crippen LogP contribution in [0.3, 0.4) is 0 Å². The molecule has 0 bridgehead atoms. The number of nitro benzene ring substituents is 1. The molecule has 0 amide bonds. The van der Waals surface area contributed by atoms with E-state index in [1.807, 2.05) is 0 Å². The number of carboxylic acids is 2. The molecule has 0 aliphatic carbocycles. The zero-order chi connectivity index (χ0) is 17.3. The van der Waals surface area contributed by atoms with E-state index in [1.54, 1.807) is 0 Å². The molecular weight excluding hydrogens is 304 g/mol. The molecule has 0 saturated carbocycles. The topological polar surface area (TPSA) is 130 Å². The Labute approximate surface area is 130 Å². The number of hydrogen-bond donors (Lipinski definition) is 2. The first-order chi connectivity index (χ1) is 10.7. The maximum atomic E-state index is 11.6. The van der Waals surface area contributed by atoms with Gasteiger partial charge in [-0.15, -0.1) is 0 Å². The highest BCUT2D eigenvalue weighted by Gasteiger charge is 2.41. The summed E-state index contributed by atoms with van der Waals surface area (Å²) in [6.45, 7) is 2.99. The van der Waals surface area contributed by atoms with Gasteiger partial charge in [-0.2, -0.15) is 0 Å². The van der Waals surface area contributed by atoms with Crippen molar-refractivity contribution in [2.45, 2.75) is 19.8 Å². The summed E-state index contributed by atoms with van der Waals surface area (Å²) in [7, 11) is 0. The van der Waals surface area contributed by atoms with Gasteiger partial charge in [0.2, 0.25) is 0 Å². The summed E-state index contributed by atoms with van der Waals surface area (Å²) in [5.74, 6) is -4.75. The van der Waals surface area contributed by atoms with Crippen molar-refractivity contribution in [1.29, 1.82) is 0 Å². The molecule has 2 atom stereocenters. The van der Waals surface area contributed by atoms with Crippen LogP contribution in [0.4, 0.5) is 5.69 Å². The molecular formula is C15H14N2O6. The monoisotopic (exact) mass is 318 g/mol. The molecule has 8 nitrogen and oxygen atoms in total. The fourth-order valence-corrected chi connectivity index (χ4v) is 2.83. The normalized spacial score (nSPS) is 20.9. The molecule has 1 unspecified atom stereocenters. The van der Waals surface area contributed by atoms with Crippen molar-refractivity contribution in [3.8, 4) is 0 Å². The minimum atomic E-state index is -1.29. The van der Waals surface area contributed by atoms with E-state index in [0.717, 1.165) is 0 Å². The summed E-state index contributed by atoms with van der Waals surface area (Å²) in [5.41, 5.74) is 0.329. The van der Waals surface area contributed by atoms with Gasteiger partial charge in [0.25, 0.3) is 5.69 Å². The second kappa shape index (κ2) is 5.99. The predicted octanol–water partition coefficient (Wildman–Crippen LogP) is 2.21. The van der Waals surface area contributed by atoms with E-state index in [9.17, 15) is 29.9 Å². The van der Waals surface area contributed by atoms with Gasteiger partial charge in [-0.3, -0.25) is 19.9 Å². The molecule has 0 fully saturated rings. The second-order valence-electron chi connectivity index (χ2n) is 5.20. The van der Waals surface area contributed by atoms with E-state index in [4.69, 9.17) is 0 Å². The van der Waals surface area contributed by atoms with Crippen LogP contribution in [0.5, 0.6) is 0 Å². The zero-order valence-electron chi connectivity index (χ0n) is 12.4. The number of carbonyl (C=O) groups is 2. The Balaban J connectivity index is 2.69. The van der Waals surface area contributed by atoms with Gasteiger partial charge in [-0.05, 0) is 19.4 Å². The summed E-state index contributed by atoms with van der Waals surface area (Å²) < 4.78 is 0. The van der Waals surface area contributed by atoms with Crippen molar-refractivity contribution in [3.63, 3.8) is 0 Å². The Kier molecular flexibility index (Phi) is 4.26. The number of aliphatic imine (C=N–C) groups is 1. The first-order valence-electron chi connectivity index (χ1n) is 6.70. The van der Waals surface area contributed by atoms with Crippen LogP contribution in [0.2, 0.25) is 0 Å². The third kappa shape index (κ3) is 2.96. The van der Waals surface area contributed by atoms with Gasteiger partial charge >= 0.3 is 11.9 Å². The smallest absolute Gasteiger partial charge is 0.334 e. The van der Waals surface area contributed by atoms with Crippen LogP contribution >= 0.6 is 0 Å². The molecule has 2 N–H and O–H groups in total. The molecule has 0 saturated heterocycles. The number of nitro groups is 1. The van der Waals surface area contributed by atoms with Gasteiger partial charge in [0.15, 0.2) is 0 Å². The quantitative estimate of drug-likeness (QED) is 0.646. The maximum Gasteiger partial charge on any atom is 0.334 e. The highest BCUT2D eigenvalue weighted by Crippen LogP contribution is 2.39. The van der Waals surface area contributed by atoms with Crippen molar-refractivity contribution in [1.82, 2.24) is 0 Å². The second-order valence-corrected chi connectivity index (χ2v) is 5.20. The van der Waals surface area contributed by atoms with Crippen LogP contribution in [-0.4, -0.2) is 32.8 Å². The fraction of sp³-hybridized carbons (Fsp3) is 0.267. The minimum Gasteiger partial charge on any atom is -0.481 e. The maximum absolute atomic E-state index is 11.6. The van der Waals surface area contributed by atoms with E-state index >= 15 is 0 Å². The third-order valence-electron chi connectivity index (χ3n) is 3.76. The number of hydrogen-bond acceptors (Lipinski definition) is 5. The molecule has 0 spiro atoms.